The number of halogens is 2. The molecule has 8 nitrogen and oxygen atoms in total. The molecule has 1 fully saturated rings. The van der Waals surface area contributed by atoms with Gasteiger partial charge in [0, 0.05) is 10.7 Å². The number of carbonyl (C=O) groups excluding carboxylic acids is 4. The molecule has 1 heterocycles. The Morgan fingerprint density at radius 3 is 2.47 bits per heavy atom. The summed E-state index contributed by atoms with van der Waals surface area (Å²) in [4.78, 5) is 51.3. The number of anilines is 2. The van der Waals surface area contributed by atoms with Crippen molar-refractivity contribution in [1.82, 2.24) is 5.32 Å². The summed E-state index contributed by atoms with van der Waals surface area (Å²) < 4.78 is 6.15. The number of nitrogens with zero attached hydrogens (tertiary/aromatic N) is 1. The summed E-state index contributed by atoms with van der Waals surface area (Å²) in [5.74, 6) is -1.51. The molecule has 3 aromatic carbocycles. The van der Waals surface area contributed by atoms with Crippen molar-refractivity contribution in [2.45, 2.75) is 20.8 Å². The minimum atomic E-state index is -0.860. The van der Waals surface area contributed by atoms with Gasteiger partial charge in [-0.25, -0.2) is 9.69 Å². The summed E-state index contributed by atoms with van der Waals surface area (Å²) in [6.45, 7) is 5.42. The second-order valence-electron chi connectivity index (χ2n) is 8.74. The van der Waals surface area contributed by atoms with Gasteiger partial charge in [0.1, 0.15) is 11.3 Å². The Hall–Kier alpha value is -3.95. The molecule has 4 rings (SSSR count). The van der Waals surface area contributed by atoms with Crippen LogP contribution in [-0.4, -0.2) is 30.4 Å². The molecule has 1 aliphatic rings. The summed E-state index contributed by atoms with van der Waals surface area (Å²) in [5.41, 5.74) is 3.98. The summed E-state index contributed by atoms with van der Waals surface area (Å²) in [6, 6.07) is 14.5. The van der Waals surface area contributed by atoms with Crippen LogP contribution < -0.4 is 20.3 Å². The number of hydrogen-bond donors (Lipinski definition) is 2. The third kappa shape index (κ3) is 5.95. The maximum atomic E-state index is 13.1. The zero-order valence-corrected chi connectivity index (χ0v) is 23.1. The number of benzene rings is 3. The van der Waals surface area contributed by atoms with Gasteiger partial charge in [-0.3, -0.25) is 19.7 Å². The third-order valence-electron chi connectivity index (χ3n) is 5.81. The van der Waals surface area contributed by atoms with Crippen LogP contribution in [0.1, 0.15) is 22.3 Å². The quantitative estimate of drug-likeness (QED) is 0.280. The molecule has 194 valence electrons. The van der Waals surface area contributed by atoms with Crippen LogP contribution in [0.2, 0.25) is 5.02 Å². The van der Waals surface area contributed by atoms with Crippen LogP contribution in [0.25, 0.3) is 6.08 Å². The van der Waals surface area contributed by atoms with Crippen LogP contribution in [0.15, 0.2) is 64.6 Å². The Kier molecular flexibility index (Phi) is 7.99. The van der Waals surface area contributed by atoms with Crippen LogP contribution in [-0.2, 0) is 14.4 Å². The number of rotatable bonds is 6. The van der Waals surface area contributed by atoms with E-state index in [1.165, 1.54) is 12.1 Å². The van der Waals surface area contributed by atoms with Gasteiger partial charge in [-0.05, 0) is 95.4 Å². The molecular formula is C28H23BrClN3O5. The molecule has 0 radical (unpaired) electrons. The fourth-order valence-electron chi connectivity index (χ4n) is 3.70. The number of imide groups is 2. The van der Waals surface area contributed by atoms with Crippen LogP contribution in [0, 0.1) is 20.8 Å². The van der Waals surface area contributed by atoms with Gasteiger partial charge in [-0.1, -0.05) is 35.9 Å². The smallest absolute Gasteiger partial charge is 0.335 e. The van der Waals surface area contributed by atoms with Gasteiger partial charge in [0.25, 0.3) is 17.7 Å². The molecule has 2 N–H and O–H groups in total. The minimum absolute atomic E-state index is 0.219. The minimum Gasteiger partial charge on any atom is -0.483 e. The highest BCUT2D eigenvalue weighted by Gasteiger charge is 2.37. The van der Waals surface area contributed by atoms with Crippen molar-refractivity contribution in [1.29, 1.82) is 0 Å². The normalized spacial score (nSPS) is 14.5. The molecule has 5 amide bonds. The number of barbiturate groups is 1. The second kappa shape index (κ2) is 11.2. The lowest BCUT2D eigenvalue weighted by Gasteiger charge is -2.26. The first-order chi connectivity index (χ1) is 18.0. The van der Waals surface area contributed by atoms with Gasteiger partial charge >= 0.3 is 6.03 Å². The fraction of sp³-hybridized carbons (Fsp3) is 0.143. The number of urea groups is 1. The Balaban J connectivity index is 1.49. The second-order valence-corrected chi connectivity index (χ2v) is 10.00. The summed E-state index contributed by atoms with van der Waals surface area (Å²) >= 11 is 9.56. The summed E-state index contributed by atoms with van der Waals surface area (Å²) in [7, 11) is 0. The molecule has 10 heteroatoms. The highest BCUT2D eigenvalue weighted by molar-refractivity contribution is 9.10. The number of amides is 5. The van der Waals surface area contributed by atoms with Gasteiger partial charge in [0.2, 0.25) is 0 Å². The van der Waals surface area contributed by atoms with E-state index in [1.54, 1.807) is 37.3 Å². The molecule has 0 atom stereocenters. The third-order valence-corrected chi connectivity index (χ3v) is 6.84. The molecule has 0 bridgehead atoms. The van der Waals surface area contributed by atoms with Crippen LogP contribution >= 0.6 is 27.5 Å². The number of ether oxygens (including phenoxy) is 1. The van der Waals surface area contributed by atoms with Crippen molar-refractivity contribution in [3.8, 4) is 5.75 Å². The average Bonchev–Trinajstić information content (AvgIpc) is 2.85. The predicted octanol–water partition coefficient (Wildman–Crippen LogP) is 5.71. The maximum absolute atomic E-state index is 13.1. The van der Waals surface area contributed by atoms with E-state index in [4.69, 9.17) is 16.3 Å². The van der Waals surface area contributed by atoms with Crippen molar-refractivity contribution >= 4 is 68.7 Å². The van der Waals surface area contributed by atoms with Crippen LogP contribution in [0.5, 0.6) is 5.75 Å². The van der Waals surface area contributed by atoms with E-state index < -0.39 is 17.8 Å². The standard InChI is InChI=1S/C28H23BrClN3O5/c1-15-4-5-17(3)23(10-15)31-25(34)14-38-24-9-7-18(12-21(24)29)11-20-26(35)32-28(37)33(27(20)36)19-8-6-16(2)22(30)13-19/h4-13H,14H2,1-3H3,(H,31,34)(H,32,35,37)/b20-11+. The van der Waals surface area contributed by atoms with Gasteiger partial charge in [0.05, 0.1) is 10.2 Å². The molecule has 0 aliphatic carbocycles. The van der Waals surface area contributed by atoms with Crippen LogP contribution in [0.3, 0.4) is 0 Å². The van der Waals surface area contributed by atoms with E-state index >= 15 is 0 Å². The molecule has 0 saturated carbocycles. The molecule has 1 saturated heterocycles. The predicted molar refractivity (Wildman–Crippen MR) is 149 cm³/mol. The number of nitrogens with one attached hydrogen (secondary N) is 2. The zero-order valence-electron chi connectivity index (χ0n) is 20.7. The lowest BCUT2D eigenvalue weighted by atomic mass is 10.1. The fourth-order valence-corrected chi connectivity index (χ4v) is 4.39. The van der Waals surface area contributed by atoms with E-state index in [-0.39, 0.29) is 23.8 Å². The summed E-state index contributed by atoms with van der Waals surface area (Å²) in [6.07, 6.45) is 1.37. The maximum Gasteiger partial charge on any atom is 0.335 e. The topological polar surface area (TPSA) is 105 Å². The van der Waals surface area contributed by atoms with E-state index in [0.717, 1.165) is 27.3 Å². The van der Waals surface area contributed by atoms with Crippen molar-refractivity contribution in [3.63, 3.8) is 0 Å². The first-order valence-corrected chi connectivity index (χ1v) is 12.7. The number of hydrogen-bond acceptors (Lipinski definition) is 5. The molecule has 0 unspecified atom stereocenters. The van der Waals surface area contributed by atoms with Crippen molar-refractivity contribution in [2.24, 2.45) is 0 Å². The lowest BCUT2D eigenvalue weighted by molar-refractivity contribution is -0.122. The Morgan fingerprint density at radius 2 is 1.76 bits per heavy atom. The molecule has 0 spiro atoms. The zero-order chi connectivity index (χ0) is 27.6. The van der Waals surface area contributed by atoms with Gasteiger partial charge in [-0.15, -0.1) is 0 Å². The molecule has 1 aliphatic heterocycles. The van der Waals surface area contributed by atoms with Gasteiger partial charge in [-0.2, -0.15) is 0 Å². The number of aryl methyl sites for hydroxylation is 3. The molecule has 0 aromatic heterocycles. The Bertz CT molecular complexity index is 1520. The first-order valence-electron chi connectivity index (χ1n) is 11.5. The molecular weight excluding hydrogens is 574 g/mol. The first kappa shape index (κ1) is 27.1. The van der Waals surface area contributed by atoms with Gasteiger partial charge in [0.15, 0.2) is 6.61 Å². The summed E-state index contributed by atoms with van der Waals surface area (Å²) in [5, 5.41) is 5.40. The van der Waals surface area contributed by atoms with E-state index in [0.29, 0.717) is 20.8 Å². The van der Waals surface area contributed by atoms with E-state index in [2.05, 4.69) is 26.6 Å². The SMILES string of the molecule is Cc1ccc(C)c(NC(=O)COc2ccc(/C=C3\C(=O)NC(=O)N(c4ccc(C)c(Cl)c4)C3=O)cc2Br)c1. The van der Waals surface area contributed by atoms with E-state index in [1.807, 2.05) is 32.0 Å². The van der Waals surface area contributed by atoms with Crippen molar-refractivity contribution < 1.29 is 23.9 Å². The molecule has 38 heavy (non-hydrogen) atoms. The highest BCUT2D eigenvalue weighted by Crippen LogP contribution is 2.29. The highest BCUT2D eigenvalue weighted by atomic mass is 79.9. The Labute approximate surface area is 232 Å². The monoisotopic (exact) mass is 595 g/mol. The largest absolute Gasteiger partial charge is 0.483 e. The molecule has 3 aromatic rings. The average molecular weight is 597 g/mol. The lowest BCUT2D eigenvalue weighted by Crippen LogP contribution is -2.54. The van der Waals surface area contributed by atoms with E-state index in [9.17, 15) is 19.2 Å². The van der Waals surface area contributed by atoms with Crippen LogP contribution in [0.4, 0.5) is 16.2 Å². The van der Waals surface area contributed by atoms with Crippen molar-refractivity contribution in [2.75, 3.05) is 16.8 Å². The van der Waals surface area contributed by atoms with Gasteiger partial charge < -0.3 is 10.1 Å². The number of carbonyl (C=O) groups is 4. The Morgan fingerprint density at radius 1 is 1.03 bits per heavy atom. The van der Waals surface area contributed by atoms with Crippen molar-refractivity contribution in [3.05, 3.63) is 91.9 Å².